The van der Waals surface area contributed by atoms with E-state index in [-0.39, 0.29) is 54.2 Å². The predicted molar refractivity (Wildman–Crippen MR) is 99.0 cm³/mol. The molecule has 0 aromatic carbocycles. The Labute approximate surface area is 170 Å². The van der Waals surface area contributed by atoms with Gasteiger partial charge in [0.25, 0.3) is 0 Å². The molecule has 4 nitrogen and oxygen atoms in total. The molecule has 0 saturated carbocycles. The molecule has 0 aromatic heterocycles. The number of hydrogen-bond acceptors (Lipinski definition) is 4. The number of carbonyl (C=O) groups excluding carboxylic acids is 2. The minimum absolute atomic E-state index is 0. The molecule has 0 fully saturated rings. The summed E-state index contributed by atoms with van der Waals surface area (Å²) in [5.41, 5.74) is 0. The van der Waals surface area contributed by atoms with Crippen LogP contribution < -0.4 is 0 Å². The van der Waals surface area contributed by atoms with E-state index in [4.69, 9.17) is 9.47 Å². The maximum atomic E-state index is 11.6. The van der Waals surface area contributed by atoms with Crippen LogP contribution >= 0.6 is 0 Å². The monoisotopic (exact) mass is 351 g/mol. The fourth-order valence-corrected chi connectivity index (χ4v) is 2.35. The van der Waals surface area contributed by atoms with Gasteiger partial charge < -0.3 is 9.47 Å². The molecule has 0 aliphatic heterocycles. The smallest absolute Gasteiger partial charge is 0.306 e. The third-order valence-electron chi connectivity index (χ3n) is 3.78. The molecule has 0 heterocycles. The first-order chi connectivity index (χ1) is 11.1. The summed E-state index contributed by atoms with van der Waals surface area (Å²) in [6.07, 6.45) is 11.7. The Bertz CT molecular complexity index is 308. The zero-order chi connectivity index (χ0) is 17.3. The number of ether oxygens (including phenoxy) is 2. The standard InChI is InChI=1S/C19H36O4.Na/c1-4-6-8-10-12-14-18(20)22-16-17(3)23-19(21)15-13-11-9-7-5-2;/h17H,4-16H2,1-3H3;. The molecule has 0 aliphatic rings. The zero-order valence-corrected chi connectivity index (χ0v) is 18.4. The summed E-state index contributed by atoms with van der Waals surface area (Å²) in [7, 11) is 0. The molecule has 1 atom stereocenters. The minimum Gasteiger partial charge on any atom is -0.462 e. The fraction of sp³-hybridized carbons (Fsp3) is 0.895. The van der Waals surface area contributed by atoms with Gasteiger partial charge in [0, 0.05) is 42.4 Å². The van der Waals surface area contributed by atoms with Crippen LogP contribution in [-0.2, 0) is 19.1 Å². The van der Waals surface area contributed by atoms with Crippen molar-refractivity contribution in [3.63, 3.8) is 0 Å². The van der Waals surface area contributed by atoms with Crippen molar-refractivity contribution in [3.8, 4) is 0 Å². The van der Waals surface area contributed by atoms with Crippen molar-refractivity contribution in [2.75, 3.05) is 6.61 Å². The fourth-order valence-electron chi connectivity index (χ4n) is 2.35. The Morgan fingerprint density at radius 3 is 1.71 bits per heavy atom. The Kier molecular flexibility index (Phi) is 21.0. The summed E-state index contributed by atoms with van der Waals surface area (Å²) in [6.45, 7) is 6.27. The van der Waals surface area contributed by atoms with Crippen molar-refractivity contribution in [2.45, 2.75) is 104 Å². The van der Waals surface area contributed by atoms with Crippen molar-refractivity contribution in [1.82, 2.24) is 0 Å². The average Bonchev–Trinajstić information content (AvgIpc) is 2.52. The van der Waals surface area contributed by atoms with Gasteiger partial charge in [-0.15, -0.1) is 0 Å². The zero-order valence-electron chi connectivity index (χ0n) is 16.4. The molecule has 0 spiro atoms. The number of carbonyl (C=O) groups is 2. The van der Waals surface area contributed by atoms with Gasteiger partial charge in [0.1, 0.15) is 12.7 Å². The van der Waals surface area contributed by atoms with E-state index in [1.807, 2.05) is 0 Å². The molecule has 0 rings (SSSR count). The van der Waals surface area contributed by atoms with E-state index in [0.717, 1.165) is 25.7 Å². The summed E-state index contributed by atoms with van der Waals surface area (Å²) >= 11 is 0. The van der Waals surface area contributed by atoms with Crippen LogP contribution in [0.15, 0.2) is 0 Å². The first kappa shape index (κ1) is 26.2. The molecule has 0 amide bonds. The van der Waals surface area contributed by atoms with Gasteiger partial charge in [0.15, 0.2) is 0 Å². The van der Waals surface area contributed by atoms with Crippen molar-refractivity contribution in [1.29, 1.82) is 0 Å². The van der Waals surface area contributed by atoms with E-state index >= 15 is 0 Å². The first-order valence-corrected chi connectivity index (χ1v) is 9.45. The molecule has 0 N–H and O–H groups in total. The summed E-state index contributed by atoms with van der Waals surface area (Å²) in [5.74, 6) is -0.381. The summed E-state index contributed by atoms with van der Waals surface area (Å²) in [4.78, 5) is 23.2. The second-order valence-corrected chi connectivity index (χ2v) is 6.31. The van der Waals surface area contributed by atoms with Crippen LogP contribution in [0.4, 0.5) is 0 Å². The molecule has 0 saturated heterocycles. The summed E-state index contributed by atoms with van der Waals surface area (Å²) in [6, 6.07) is 0. The molecule has 1 unspecified atom stereocenters. The predicted octanol–water partition coefficient (Wildman–Crippen LogP) is 4.80. The van der Waals surface area contributed by atoms with E-state index in [9.17, 15) is 9.59 Å². The quantitative estimate of drug-likeness (QED) is 0.241. The third-order valence-corrected chi connectivity index (χ3v) is 3.78. The first-order valence-electron chi connectivity index (χ1n) is 9.45. The van der Waals surface area contributed by atoms with Gasteiger partial charge in [-0.05, 0) is 19.8 Å². The van der Waals surface area contributed by atoms with Crippen molar-refractivity contribution in [3.05, 3.63) is 0 Å². The second-order valence-electron chi connectivity index (χ2n) is 6.31. The number of hydrogen-bond donors (Lipinski definition) is 0. The Morgan fingerprint density at radius 1 is 0.750 bits per heavy atom. The number of unbranched alkanes of at least 4 members (excludes halogenated alkanes) is 8. The Hall–Kier alpha value is -0.0600. The molecule has 0 aliphatic carbocycles. The molecule has 137 valence electrons. The van der Waals surface area contributed by atoms with Crippen LogP contribution in [0, 0.1) is 0 Å². The summed E-state index contributed by atoms with van der Waals surface area (Å²) in [5, 5.41) is 0. The maximum Gasteiger partial charge on any atom is 0.306 e. The molecule has 24 heavy (non-hydrogen) atoms. The van der Waals surface area contributed by atoms with Crippen LogP contribution in [0.3, 0.4) is 0 Å². The van der Waals surface area contributed by atoms with Crippen molar-refractivity contribution < 1.29 is 19.1 Å². The SMILES string of the molecule is CCCCCCCC(=O)OCC(C)OC(=O)CCCCCCC.[Na]. The van der Waals surface area contributed by atoms with E-state index < -0.39 is 0 Å². The van der Waals surface area contributed by atoms with Crippen LogP contribution in [-0.4, -0.2) is 54.2 Å². The maximum absolute atomic E-state index is 11.6. The van der Waals surface area contributed by atoms with Crippen LogP contribution in [0.2, 0.25) is 0 Å². The minimum atomic E-state index is -0.359. The van der Waals surface area contributed by atoms with Gasteiger partial charge in [-0.1, -0.05) is 65.2 Å². The Balaban J connectivity index is 0. The molecule has 0 aromatic rings. The normalized spacial score (nSPS) is 11.5. The van der Waals surface area contributed by atoms with E-state index in [0.29, 0.717) is 12.8 Å². The number of esters is 2. The van der Waals surface area contributed by atoms with Crippen LogP contribution in [0.5, 0.6) is 0 Å². The summed E-state index contributed by atoms with van der Waals surface area (Å²) < 4.78 is 10.4. The largest absolute Gasteiger partial charge is 0.462 e. The molecule has 5 heteroatoms. The van der Waals surface area contributed by atoms with Gasteiger partial charge in [-0.2, -0.15) is 0 Å². The van der Waals surface area contributed by atoms with Gasteiger partial charge in [-0.25, -0.2) is 0 Å². The van der Waals surface area contributed by atoms with E-state index in [1.54, 1.807) is 6.92 Å². The van der Waals surface area contributed by atoms with E-state index in [2.05, 4.69) is 13.8 Å². The Morgan fingerprint density at radius 2 is 1.21 bits per heavy atom. The average molecular weight is 351 g/mol. The molecular formula is C19H36NaO4. The van der Waals surface area contributed by atoms with Gasteiger partial charge in [-0.3, -0.25) is 9.59 Å². The van der Waals surface area contributed by atoms with Crippen molar-refractivity contribution >= 4 is 41.5 Å². The topological polar surface area (TPSA) is 52.6 Å². The molecule has 1 radical (unpaired) electrons. The van der Waals surface area contributed by atoms with Crippen LogP contribution in [0.25, 0.3) is 0 Å². The number of rotatable bonds is 15. The van der Waals surface area contributed by atoms with Gasteiger partial charge in [0.05, 0.1) is 0 Å². The van der Waals surface area contributed by atoms with Crippen molar-refractivity contribution in [2.24, 2.45) is 0 Å². The third kappa shape index (κ3) is 18.3. The van der Waals surface area contributed by atoms with Crippen LogP contribution in [0.1, 0.15) is 97.8 Å². The van der Waals surface area contributed by atoms with Gasteiger partial charge >= 0.3 is 11.9 Å². The van der Waals surface area contributed by atoms with Gasteiger partial charge in [0.2, 0.25) is 0 Å². The molecular weight excluding hydrogens is 315 g/mol. The second kappa shape index (κ2) is 19.3. The molecule has 0 bridgehead atoms. The van der Waals surface area contributed by atoms with E-state index in [1.165, 1.54) is 38.5 Å².